The molecule has 0 aliphatic carbocycles. The molecule has 0 saturated heterocycles. The van der Waals surface area contributed by atoms with Crippen LogP contribution < -0.4 is 10.5 Å². The van der Waals surface area contributed by atoms with Gasteiger partial charge in [0.2, 0.25) is 0 Å². The zero-order valence-corrected chi connectivity index (χ0v) is 18.3. The first kappa shape index (κ1) is 21.3. The van der Waals surface area contributed by atoms with Gasteiger partial charge in [-0.2, -0.15) is 0 Å². The van der Waals surface area contributed by atoms with Gasteiger partial charge in [0.05, 0.1) is 32.8 Å². The van der Waals surface area contributed by atoms with Crippen molar-refractivity contribution in [3.05, 3.63) is 105 Å². The molecule has 0 spiro atoms. The molecule has 5 rings (SSSR count). The van der Waals surface area contributed by atoms with Gasteiger partial charge in [-0.1, -0.05) is 37.3 Å². The Kier molecular flexibility index (Phi) is 5.25. The summed E-state index contributed by atoms with van der Waals surface area (Å²) in [7, 11) is 0. The van der Waals surface area contributed by atoms with Gasteiger partial charge in [0.25, 0.3) is 17.2 Å². The van der Waals surface area contributed by atoms with Crippen molar-refractivity contribution in [3.8, 4) is 5.69 Å². The summed E-state index contributed by atoms with van der Waals surface area (Å²) < 4.78 is 1.39. The number of carbonyl (C=O) groups excluding carboxylic acids is 1. The minimum atomic E-state index is -0.496. The molecule has 4 aromatic rings. The van der Waals surface area contributed by atoms with Gasteiger partial charge in [-0.3, -0.25) is 24.3 Å². The van der Waals surface area contributed by atoms with Gasteiger partial charge in [-0.15, -0.1) is 0 Å². The second-order valence-electron chi connectivity index (χ2n) is 7.93. The summed E-state index contributed by atoms with van der Waals surface area (Å²) in [6.45, 7) is 2.59. The number of fused-ring (bicyclic) bond motifs is 2. The molecule has 0 bridgehead atoms. The largest absolute Gasteiger partial charge is 0.308 e. The summed E-state index contributed by atoms with van der Waals surface area (Å²) in [5.74, 6) is 0.120. The van der Waals surface area contributed by atoms with Gasteiger partial charge in [-0.25, -0.2) is 4.98 Å². The Hall–Kier alpha value is -4.59. The summed E-state index contributed by atoms with van der Waals surface area (Å²) >= 11 is 0. The molecule has 0 unspecified atom stereocenters. The minimum Gasteiger partial charge on any atom is -0.308 e. The normalized spacial score (nSPS) is 14.1. The van der Waals surface area contributed by atoms with Crippen molar-refractivity contribution in [2.75, 3.05) is 11.4 Å². The SMILES string of the molecule is CCCN1C(=O)/C(=C\c2nc3ccccc3c(=O)n2-c2ccc([N+](=O)[O-])cc2)c2ccccc21. The number of nitro groups is 1. The van der Waals surface area contributed by atoms with Gasteiger partial charge in [-0.05, 0) is 42.8 Å². The molecule has 1 aliphatic rings. The van der Waals surface area contributed by atoms with Gasteiger partial charge in [0.15, 0.2) is 0 Å². The third-order valence-corrected chi connectivity index (χ3v) is 5.80. The highest BCUT2D eigenvalue weighted by Crippen LogP contribution is 2.37. The maximum absolute atomic E-state index is 13.5. The van der Waals surface area contributed by atoms with Crippen LogP contribution in [0.15, 0.2) is 77.6 Å². The summed E-state index contributed by atoms with van der Waals surface area (Å²) in [6.07, 6.45) is 2.43. The molecule has 1 aromatic heterocycles. The highest BCUT2D eigenvalue weighted by atomic mass is 16.6. The molecule has 1 aliphatic heterocycles. The van der Waals surface area contributed by atoms with Gasteiger partial charge >= 0.3 is 0 Å². The van der Waals surface area contributed by atoms with Crippen LogP contribution in [0.2, 0.25) is 0 Å². The van der Waals surface area contributed by atoms with Crippen LogP contribution in [0.25, 0.3) is 28.2 Å². The van der Waals surface area contributed by atoms with Crippen LogP contribution in [0.1, 0.15) is 24.7 Å². The fourth-order valence-corrected chi connectivity index (χ4v) is 4.24. The highest BCUT2D eigenvalue weighted by molar-refractivity contribution is 6.35. The number of carbonyl (C=O) groups is 1. The van der Waals surface area contributed by atoms with Crippen molar-refractivity contribution in [2.45, 2.75) is 13.3 Å². The summed E-state index contributed by atoms with van der Waals surface area (Å²) in [6, 6.07) is 20.2. The average molecular weight is 452 g/mol. The van der Waals surface area contributed by atoms with E-state index in [2.05, 4.69) is 0 Å². The molecular weight excluding hydrogens is 432 g/mol. The van der Waals surface area contributed by atoms with Gasteiger partial charge in [0, 0.05) is 24.2 Å². The Morgan fingerprint density at radius 3 is 2.41 bits per heavy atom. The van der Waals surface area contributed by atoms with Crippen LogP contribution in [0, 0.1) is 10.1 Å². The Morgan fingerprint density at radius 2 is 1.68 bits per heavy atom. The zero-order chi connectivity index (χ0) is 23.8. The number of hydrogen-bond donors (Lipinski definition) is 0. The number of para-hydroxylation sites is 2. The monoisotopic (exact) mass is 452 g/mol. The van der Waals surface area contributed by atoms with Crippen molar-refractivity contribution in [3.63, 3.8) is 0 Å². The number of amides is 1. The number of nitro benzene ring substituents is 1. The quantitative estimate of drug-likeness (QED) is 0.251. The molecule has 1 amide bonds. The fourth-order valence-electron chi connectivity index (χ4n) is 4.24. The lowest BCUT2D eigenvalue weighted by molar-refractivity contribution is -0.384. The lowest BCUT2D eigenvalue weighted by Crippen LogP contribution is -2.27. The van der Waals surface area contributed by atoms with Crippen LogP contribution >= 0.6 is 0 Å². The maximum atomic E-state index is 13.5. The lowest BCUT2D eigenvalue weighted by atomic mass is 10.1. The van der Waals surface area contributed by atoms with E-state index in [-0.39, 0.29) is 23.0 Å². The van der Waals surface area contributed by atoms with Crippen LogP contribution in [0.5, 0.6) is 0 Å². The Bertz CT molecular complexity index is 1540. The number of aromatic nitrogens is 2. The van der Waals surface area contributed by atoms with Crippen molar-refractivity contribution in [1.82, 2.24) is 9.55 Å². The number of benzene rings is 3. The van der Waals surface area contributed by atoms with E-state index in [1.54, 1.807) is 35.2 Å². The summed E-state index contributed by atoms with van der Waals surface area (Å²) in [5, 5.41) is 11.5. The predicted molar refractivity (Wildman–Crippen MR) is 131 cm³/mol. The summed E-state index contributed by atoms with van der Waals surface area (Å²) in [5.41, 5.74) is 2.56. The number of rotatable bonds is 5. The molecule has 34 heavy (non-hydrogen) atoms. The molecule has 8 nitrogen and oxygen atoms in total. The fraction of sp³-hybridized carbons (Fsp3) is 0.115. The predicted octanol–water partition coefficient (Wildman–Crippen LogP) is 4.59. The van der Waals surface area contributed by atoms with Crippen molar-refractivity contribution < 1.29 is 9.72 Å². The van der Waals surface area contributed by atoms with E-state index in [1.165, 1.54) is 28.8 Å². The molecule has 0 radical (unpaired) electrons. The second-order valence-corrected chi connectivity index (χ2v) is 7.93. The molecular formula is C26H20N4O4. The van der Waals surface area contributed by atoms with E-state index in [0.717, 1.165) is 17.7 Å². The third-order valence-electron chi connectivity index (χ3n) is 5.80. The van der Waals surface area contributed by atoms with Gasteiger partial charge < -0.3 is 4.90 Å². The molecule has 0 atom stereocenters. The summed E-state index contributed by atoms with van der Waals surface area (Å²) in [4.78, 5) is 43.9. The average Bonchev–Trinajstić information content (AvgIpc) is 3.11. The highest BCUT2D eigenvalue weighted by Gasteiger charge is 2.32. The molecule has 3 aromatic carbocycles. The molecule has 0 fully saturated rings. The minimum absolute atomic E-state index is 0.0828. The van der Waals surface area contributed by atoms with Crippen LogP contribution in [0.3, 0.4) is 0 Å². The van der Waals surface area contributed by atoms with E-state index >= 15 is 0 Å². The Balaban J connectivity index is 1.76. The molecule has 0 N–H and O–H groups in total. The number of hydrogen-bond acceptors (Lipinski definition) is 5. The van der Waals surface area contributed by atoms with Gasteiger partial charge in [0.1, 0.15) is 5.82 Å². The molecule has 2 heterocycles. The topological polar surface area (TPSA) is 98.3 Å². The van der Waals surface area contributed by atoms with E-state index in [1.807, 2.05) is 31.2 Å². The van der Waals surface area contributed by atoms with E-state index < -0.39 is 4.92 Å². The number of anilines is 1. The lowest BCUT2D eigenvalue weighted by Gasteiger charge is -2.15. The zero-order valence-electron chi connectivity index (χ0n) is 18.3. The van der Waals surface area contributed by atoms with E-state index in [4.69, 9.17) is 4.98 Å². The first-order valence-corrected chi connectivity index (χ1v) is 10.9. The van der Waals surface area contributed by atoms with E-state index in [9.17, 15) is 19.7 Å². The molecule has 0 saturated carbocycles. The maximum Gasteiger partial charge on any atom is 0.269 e. The first-order chi connectivity index (χ1) is 16.5. The van der Waals surface area contributed by atoms with Crippen molar-refractivity contribution >= 4 is 39.8 Å². The van der Waals surface area contributed by atoms with Crippen LogP contribution in [0.4, 0.5) is 11.4 Å². The first-order valence-electron chi connectivity index (χ1n) is 10.9. The number of non-ortho nitro benzene ring substituents is 1. The second kappa shape index (κ2) is 8.40. The smallest absolute Gasteiger partial charge is 0.269 e. The van der Waals surface area contributed by atoms with Crippen molar-refractivity contribution in [2.24, 2.45) is 0 Å². The van der Waals surface area contributed by atoms with Crippen molar-refractivity contribution in [1.29, 1.82) is 0 Å². The van der Waals surface area contributed by atoms with Crippen LogP contribution in [-0.2, 0) is 4.79 Å². The molecule has 168 valence electrons. The number of nitrogens with zero attached hydrogens (tertiary/aromatic N) is 4. The standard InChI is InChI=1S/C26H20N4O4/c1-2-15-28-23-10-6-4-7-19(23)21(25(28)31)16-24-27-22-9-5-3-8-20(22)26(32)29(24)17-11-13-18(14-12-17)30(33)34/h3-14,16H,2,15H2,1H3/b21-16-. The third kappa shape index (κ3) is 3.45. The Morgan fingerprint density at radius 1 is 0.971 bits per heavy atom. The van der Waals surface area contributed by atoms with E-state index in [0.29, 0.717) is 28.7 Å². The Labute approximate surface area is 194 Å². The van der Waals surface area contributed by atoms with Crippen LogP contribution in [-0.4, -0.2) is 26.9 Å². The molecule has 8 heteroatoms.